The van der Waals surface area contributed by atoms with Crippen LogP contribution in [0.2, 0.25) is 0 Å². The second-order valence-corrected chi connectivity index (χ2v) is 6.89. The molecule has 1 rings (SSSR count). The van der Waals surface area contributed by atoms with Crippen molar-refractivity contribution < 1.29 is 17.9 Å². The fourth-order valence-corrected chi connectivity index (χ4v) is 2.83. The molecule has 7 heteroatoms. The summed E-state index contributed by atoms with van der Waals surface area (Å²) in [5.41, 5.74) is 5.86. The molecule has 0 fully saturated rings. The molecule has 0 saturated heterocycles. The van der Waals surface area contributed by atoms with E-state index in [-0.39, 0.29) is 6.54 Å². The smallest absolute Gasteiger partial charge is 0.239 e. The molecule has 1 aromatic rings. The average Bonchev–Trinajstić information content (AvgIpc) is 2.39. The summed E-state index contributed by atoms with van der Waals surface area (Å²) in [6, 6.07) is 6.65. The number of hydrogen-bond acceptors (Lipinski definition) is 5. The van der Waals surface area contributed by atoms with Crippen molar-refractivity contribution in [3.63, 3.8) is 0 Å². The first-order valence-electron chi connectivity index (χ1n) is 6.24. The van der Waals surface area contributed by atoms with Gasteiger partial charge in [0.2, 0.25) is 5.91 Å². The fourth-order valence-electron chi connectivity index (χ4n) is 1.61. The predicted molar refractivity (Wildman–Crippen MR) is 78.5 cm³/mol. The van der Waals surface area contributed by atoms with Gasteiger partial charge < -0.3 is 15.8 Å². The Kier molecular flexibility index (Phi) is 5.97. The van der Waals surface area contributed by atoms with E-state index >= 15 is 0 Å². The van der Waals surface area contributed by atoms with Crippen LogP contribution in [0.3, 0.4) is 0 Å². The molecule has 0 heterocycles. The molecule has 0 aliphatic carbocycles. The van der Waals surface area contributed by atoms with E-state index in [1.54, 1.807) is 38.3 Å². The van der Waals surface area contributed by atoms with Gasteiger partial charge in [-0.1, -0.05) is 0 Å². The minimum absolute atomic E-state index is 0.278. The number of benzene rings is 1. The quantitative estimate of drug-likeness (QED) is 0.775. The number of ether oxygens (including phenoxy) is 1. The summed E-state index contributed by atoms with van der Waals surface area (Å²) >= 11 is 0. The van der Waals surface area contributed by atoms with Gasteiger partial charge in [-0.2, -0.15) is 0 Å². The lowest BCUT2D eigenvalue weighted by Gasteiger charge is -2.12. The van der Waals surface area contributed by atoms with Crippen LogP contribution in [0.4, 0.5) is 5.69 Å². The summed E-state index contributed by atoms with van der Waals surface area (Å²) in [5.74, 6) is -0.438. The van der Waals surface area contributed by atoms with Crippen LogP contribution < -0.4 is 15.8 Å². The highest BCUT2D eigenvalue weighted by atomic mass is 32.2. The van der Waals surface area contributed by atoms with Gasteiger partial charge in [0.1, 0.15) is 11.5 Å². The molecule has 0 radical (unpaired) electrons. The van der Waals surface area contributed by atoms with E-state index < -0.39 is 26.7 Å². The highest BCUT2D eigenvalue weighted by molar-refractivity contribution is 7.92. The van der Waals surface area contributed by atoms with Crippen molar-refractivity contribution in [3.05, 3.63) is 24.3 Å². The highest BCUT2D eigenvalue weighted by Gasteiger charge is 2.23. The highest BCUT2D eigenvalue weighted by Crippen LogP contribution is 2.15. The van der Waals surface area contributed by atoms with Crippen LogP contribution in [-0.2, 0) is 14.6 Å². The largest absolute Gasteiger partial charge is 0.497 e. The summed E-state index contributed by atoms with van der Waals surface area (Å²) < 4.78 is 28.8. The zero-order valence-corrected chi connectivity index (χ0v) is 12.4. The van der Waals surface area contributed by atoms with Gasteiger partial charge in [-0.05, 0) is 44.2 Å². The van der Waals surface area contributed by atoms with Crippen molar-refractivity contribution in [2.45, 2.75) is 18.6 Å². The zero-order chi connectivity index (χ0) is 15.2. The third-order valence-electron chi connectivity index (χ3n) is 2.89. The lowest BCUT2D eigenvalue weighted by atomic mass is 10.3. The van der Waals surface area contributed by atoms with Crippen molar-refractivity contribution in [2.24, 2.45) is 5.73 Å². The normalized spacial score (nSPS) is 12.8. The molecule has 0 saturated carbocycles. The lowest BCUT2D eigenvalue weighted by molar-refractivity contribution is -0.113. The van der Waals surface area contributed by atoms with Crippen LogP contribution in [0.5, 0.6) is 5.75 Å². The number of methoxy groups -OCH3 is 1. The first-order chi connectivity index (χ1) is 9.39. The Labute approximate surface area is 119 Å². The number of rotatable bonds is 7. The fraction of sp³-hybridized carbons (Fsp3) is 0.462. The van der Waals surface area contributed by atoms with Crippen molar-refractivity contribution in [2.75, 3.05) is 24.7 Å². The summed E-state index contributed by atoms with van der Waals surface area (Å²) in [6.07, 6.45) is 0.345. The number of hydrogen-bond donors (Lipinski definition) is 2. The van der Waals surface area contributed by atoms with Crippen LogP contribution in [0, 0.1) is 0 Å². The van der Waals surface area contributed by atoms with E-state index in [1.165, 1.54) is 0 Å². The van der Waals surface area contributed by atoms with Crippen molar-refractivity contribution >= 4 is 21.4 Å². The first kappa shape index (κ1) is 16.5. The second kappa shape index (κ2) is 7.25. The predicted octanol–water partition coefficient (Wildman–Crippen LogP) is 0.786. The van der Waals surface area contributed by atoms with E-state index in [1.807, 2.05) is 0 Å². The Balaban J connectivity index is 2.62. The molecule has 1 aromatic carbocycles. The molecule has 0 aromatic heterocycles. The second-order valence-electron chi connectivity index (χ2n) is 4.47. The van der Waals surface area contributed by atoms with Gasteiger partial charge in [0.15, 0.2) is 9.84 Å². The van der Waals surface area contributed by atoms with E-state index in [0.29, 0.717) is 17.9 Å². The maximum atomic E-state index is 11.9. The van der Waals surface area contributed by atoms with E-state index in [9.17, 15) is 13.2 Å². The van der Waals surface area contributed by atoms with Gasteiger partial charge in [-0.15, -0.1) is 0 Å². The summed E-state index contributed by atoms with van der Waals surface area (Å²) in [5, 5.41) is 1.92. The van der Waals surface area contributed by atoms with E-state index in [4.69, 9.17) is 10.5 Å². The Hall–Kier alpha value is -1.60. The maximum Gasteiger partial charge on any atom is 0.239 e. The minimum atomic E-state index is -3.47. The van der Waals surface area contributed by atoms with Gasteiger partial charge in [-0.3, -0.25) is 4.79 Å². The Morgan fingerprint density at radius 3 is 2.45 bits per heavy atom. The maximum absolute atomic E-state index is 11.9. The Bertz CT molecular complexity index is 540. The summed E-state index contributed by atoms with van der Waals surface area (Å²) in [7, 11) is -1.93. The third-order valence-corrected chi connectivity index (χ3v) is 5.02. The SMILES string of the molecule is COc1ccc(NC(=O)CS(=O)(=O)C(C)CCN)cc1. The molecule has 20 heavy (non-hydrogen) atoms. The first-order valence-corrected chi connectivity index (χ1v) is 7.96. The van der Waals surface area contributed by atoms with Crippen LogP contribution in [-0.4, -0.2) is 39.0 Å². The van der Waals surface area contributed by atoms with E-state index in [0.717, 1.165) is 0 Å². The molecule has 6 nitrogen and oxygen atoms in total. The minimum Gasteiger partial charge on any atom is -0.497 e. The third kappa shape index (κ3) is 4.82. The van der Waals surface area contributed by atoms with Gasteiger partial charge >= 0.3 is 0 Å². The Morgan fingerprint density at radius 2 is 1.95 bits per heavy atom. The molecular weight excluding hydrogens is 280 g/mol. The van der Waals surface area contributed by atoms with E-state index in [2.05, 4.69) is 5.32 Å². The lowest BCUT2D eigenvalue weighted by Crippen LogP contribution is -2.30. The topological polar surface area (TPSA) is 98.5 Å². The van der Waals surface area contributed by atoms with Crippen molar-refractivity contribution in [1.82, 2.24) is 0 Å². The standard InChI is InChI=1S/C13H20N2O4S/c1-10(7-8-14)20(17,18)9-13(16)15-11-3-5-12(19-2)6-4-11/h3-6,10H,7-9,14H2,1-2H3,(H,15,16). The molecule has 1 unspecified atom stereocenters. The monoisotopic (exact) mass is 300 g/mol. The number of carbonyl (C=O) groups excluding carboxylic acids is 1. The number of carbonyl (C=O) groups is 1. The molecule has 0 spiro atoms. The van der Waals surface area contributed by atoms with Crippen molar-refractivity contribution in [3.8, 4) is 5.75 Å². The number of nitrogens with two attached hydrogens (primary N) is 1. The van der Waals surface area contributed by atoms with Gasteiger partial charge in [0.25, 0.3) is 0 Å². The molecule has 1 atom stereocenters. The number of amides is 1. The van der Waals surface area contributed by atoms with Crippen LogP contribution in [0.15, 0.2) is 24.3 Å². The van der Waals surface area contributed by atoms with Crippen LogP contribution >= 0.6 is 0 Å². The molecular formula is C13H20N2O4S. The van der Waals surface area contributed by atoms with Crippen LogP contribution in [0.25, 0.3) is 0 Å². The number of anilines is 1. The molecule has 0 bridgehead atoms. The van der Waals surface area contributed by atoms with Gasteiger partial charge in [0, 0.05) is 5.69 Å². The molecule has 0 aliphatic rings. The molecule has 3 N–H and O–H groups in total. The zero-order valence-electron chi connectivity index (χ0n) is 11.6. The van der Waals surface area contributed by atoms with Crippen LogP contribution in [0.1, 0.15) is 13.3 Å². The molecule has 112 valence electrons. The summed E-state index contributed by atoms with van der Waals surface area (Å²) in [4.78, 5) is 11.7. The molecule has 0 aliphatic heterocycles. The summed E-state index contributed by atoms with van der Waals surface area (Å²) in [6.45, 7) is 1.84. The average molecular weight is 300 g/mol. The van der Waals surface area contributed by atoms with Gasteiger partial charge in [0.05, 0.1) is 12.4 Å². The Morgan fingerprint density at radius 1 is 1.35 bits per heavy atom. The van der Waals surface area contributed by atoms with Crippen molar-refractivity contribution in [1.29, 1.82) is 0 Å². The molecule has 1 amide bonds. The number of nitrogens with one attached hydrogen (secondary N) is 1. The van der Waals surface area contributed by atoms with Gasteiger partial charge in [-0.25, -0.2) is 8.42 Å². The number of sulfone groups is 1.